The Labute approximate surface area is 107 Å². The van der Waals surface area contributed by atoms with Crippen LogP contribution in [0.1, 0.15) is 18.4 Å². The molecule has 2 rings (SSSR count). The SMILES string of the molecule is Cc1ccncc1OC1CCN(C(=O)CN)CC1. The van der Waals surface area contributed by atoms with Gasteiger partial charge in [-0.15, -0.1) is 0 Å². The summed E-state index contributed by atoms with van der Waals surface area (Å²) in [5, 5.41) is 0. The third-order valence-electron chi connectivity index (χ3n) is 3.25. The van der Waals surface area contributed by atoms with Crippen molar-refractivity contribution in [3.05, 3.63) is 24.0 Å². The number of likely N-dealkylation sites (tertiary alicyclic amines) is 1. The van der Waals surface area contributed by atoms with Gasteiger partial charge in [0.1, 0.15) is 11.9 Å². The summed E-state index contributed by atoms with van der Waals surface area (Å²) in [6.07, 6.45) is 5.35. The smallest absolute Gasteiger partial charge is 0.236 e. The Hall–Kier alpha value is -1.62. The largest absolute Gasteiger partial charge is 0.488 e. The molecule has 2 N–H and O–H groups in total. The maximum Gasteiger partial charge on any atom is 0.236 e. The van der Waals surface area contributed by atoms with E-state index in [9.17, 15) is 4.79 Å². The van der Waals surface area contributed by atoms with Crippen LogP contribution in [0.15, 0.2) is 18.5 Å². The third-order valence-corrected chi connectivity index (χ3v) is 3.25. The monoisotopic (exact) mass is 249 g/mol. The van der Waals surface area contributed by atoms with E-state index in [1.54, 1.807) is 17.3 Å². The number of carbonyl (C=O) groups excluding carboxylic acids is 1. The fourth-order valence-corrected chi connectivity index (χ4v) is 2.10. The predicted molar refractivity (Wildman–Crippen MR) is 68.3 cm³/mol. The molecule has 0 atom stereocenters. The Morgan fingerprint density at radius 2 is 2.28 bits per heavy atom. The second-order valence-corrected chi connectivity index (χ2v) is 4.54. The number of hydrogen-bond donors (Lipinski definition) is 1. The molecule has 0 spiro atoms. The number of rotatable bonds is 3. The van der Waals surface area contributed by atoms with E-state index >= 15 is 0 Å². The molecule has 98 valence electrons. The highest BCUT2D eigenvalue weighted by atomic mass is 16.5. The summed E-state index contributed by atoms with van der Waals surface area (Å²) < 4.78 is 5.92. The molecule has 1 aliphatic rings. The maximum atomic E-state index is 11.4. The molecule has 2 heterocycles. The normalized spacial score (nSPS) is 16.7. The summed E-state index contributed by atoms with van der Waals surface area (Å²) >= 11 is 0. The Kier molecular flexibility index (Phi) is 4.15. The van der Waals surface area contributed by atoms with Crippen molar-refractivity contribution >= 4 is 5.91 Å². The minimum Gasteiger partial charge on any atom is -0.488 e. The highest BCUT2D eigenvalue weighted by Gasteiger charge is 2.23. The van der Waals surface area contributed by atoms with Crippen LogP contribution < -0.4 is 10.5 Å². The van der Waals surface area contributed by atoms with Gasteiger partial charge in [-0.3, -0.25) is 9.78 Å². The van der Waals surface area contributed by atoms with Crippen molar-refractivity contribution < 1.29 is 9.53 Å². The predicted octanol–water partition coefficient (Wildman–Crippen LogP) is 0.719. The molecule has 0 aromatic carbocycles. The zero-order chi connectivity index (χ0) is 13.0. The van der Waals surface area contributed by atoms with Crippen LogP contribution in [-0.4, -0.2) is 41.5 Å². The average molecular weight is 249 g/mol. The number of piperidine rings is 1. The van der Waals surface area contributed by atoms with Gasteiger partial charge >= 0.3 is 0 Å². The number of ether oxygens (including phenoxy) is 1. The van der Waals surface area contributed by atoms with E-state index in [4.69, 9.17) is 10.5 Å². The van der Waals surface area contributed by atoms with Crippen molar-refractivity contribution in [1.82, 2.24) is 9.88 Å². The van der Waals surface area contributed by atoms with Crippen molar-refractivity contribution in [2.24, 2.45) is 5.73 Å². The summed E-state index contributed by atoms with van der Waals surface area (Å²) in [6.45, 7) is 3.54. The molecule has 1 aromatic heterocycles. The van der Waals surface area contributed by atoms with Gasteiger partial charge in [0.15, 0.2) is 0 Å². The molecule has 0 saturated carbocycles. The van der Waals surface area contributed by atoms with E-state index in [1.165, 1.54) is 0 Å². The first-order chi connectivity index (χ1) is 8.70. The molecule has 5 heteroatoms. The lowest BCUT2D eigenvalue weighted by Crippen LogP contribution is -2.44. The lowest BCUT2D eigenvalue weighted by molar-refractivity contribution is -0.131. The van der Waals surface area contributed by atoms with E-state index in [2.05, 4.69) is 4.98 Å². The summed E-state index contributed by atoms with van der Waals surface area (Å²) in [5.74, 6) is 0.854. The average Bonchev–Trinajstić information content (AvgIpc) is 2.41. The molecule has 0 radical (unpaired) electrons. The van der Waals surface area contributed by atoms with Crippen LogP contribution in [-0.2, 0) is 4.79 Å². The molecule has 5 nitrogen and oxygen atoms in total. The topological polar surface area (TPSA) is 68.5 Å². The lowest BCUT2D eigenvalue weighted by Gasteiger charge is -2.32. The fraction of sp³-hybridized carbons (Fsp3) is 0.538. The van der Waals surface area contributed by atoms with Crippen molar-refractivity contribution in [3.8, 4) is 5.75 Å². The van der Waals surface area contributed by atoms with Gasteiger partial charge < -0.3 is 15.4 Å². The standard InChI is InChI=1S/C13H19N3O2/c1-10-2-5-15-9-12(10)18-11-3-6-16(7-4-11)13(17)8-14/h2,5,9,11H,3-4,6-8,14H2,1H3. The molecule has 0 unspecified atom stereocenters. The number of pyridine rings is 1. The molecular formula is C13H19N3O2. The summed E-state index contributed by atoms with van der Waals surface area (Å²) in [7, 11) is 0. The first-order valence-electron chi connectivity index (χ1n) is 6.26. The molecule has 1 aromatic rings. The number of nitrogens with two attached hydrogens (primary N) is 1. The second-order valence-electron chi connectivity index (χ2n) is 4.54. The molecule has 1 fully saturated rings. The second kappa shape index (κ2) is 5.82. The van der Waals surface area contributed by atoms with Gasteiger partial charge in [-0.1, -0.05) is 0 Å². The van der Waals surface area contributed by atoms with Crippen LogP contribution in [0.2, 0.25) is 0 Å². The number of carbonyl (C=O) groups is 1. The van der Waals surface area contributed by atoms with Gasteiger partial charge in [0.25, 0.3) is 0 Å². The van der Waals surface area contributed by atoms with Crippen molar-refractivity contribution in [2.45, 2.75) is 25.9 Å². The molecule has 1 saturated heterocycles. The van der Waals surface area contributed by atoms with E-state index in [-0.39, 0.29) is 18.6 Å². The van der Waals surface area contributed by atoms with Crippen LogP contribution in [0.5, 0.6) is 5.75 Å². The molecule has 18 heavy (non-hydrogen) atoms. The van der Waals surface area contributed by atoms with Gasteiger partial charge in [0.2, 0.25) is 5.91 Å². The molecule has 0 bridgehead atoms. The van der Waals surface area contributed by atoms with Gasteiger partial charge in [-0.05, 0) is 18.6 Å². The van der Waals surface area contributed by atoms with Crippen molar-refractivity contribution in [2.75, 3.05) is 19.6 Å². The number of nitrogens with zero attached hydrogens (tertiary/aromatic N) is 2. The Morgan fingerprint density at radius 1 is 1.56 bits per heavy atom. The fourth-order valence-electron chi connectivity index (χ4n) is 2.10. The minimum atomic E-state index is 0.0195. The van der Waals surface area contributed by atoms with Crippen LogP contribution in [0, 0.1) is 6.92 Å². The number of amides is 1. The summed E-state index contributed by atoms with van der Waals surface area (Å²) in [5.41, 5.74) is 6.44. The van der Waals surface area contributed by atoms with E-state index in [1.807, 2.05) is 13.0 Å². The van der Waals surface area contributed by atoms with Crippen LogP contribution in [0.25, 0.3) is 0 Å². The summed E-state index contributed by atoms with van der Waals surface area (Å²) in [6, 6.07) is 1.93. The Balaban J connectivity index is 1.87. The molecule has 1 amide bonds. The first-order valence-corrected chi connectivity index (χ1v) is 6.26. The van der Waals surface area contributed by atoms with E-state index in [0.29, 0.717) is 0 Å². The lowest BCUT2D eigenvalue weighted by atomic mass is 10.1. The van der Waals surface area contributed by atoms with Gasteiger partial charge in [-0.2, -0.15) is 0 Å². The minimum absolute atomic E-state index is 0.0195. The molecular weight excluding hydrogens is 230 g/mol. The van der Waals surface area contributed by atoms with Crippen LogP contribution in [0.3, 0.4) is 0 Å². The molecule has 1 aliphatic heterocycles. The Morgan fingerprint density at radius 3 is 2.89 bits per heavy atom. The van der Waals surface area contributed by atoms with Crippen LogP contribution in [0.4, 0.5) is 0 Å². The van der Waals surface area contributed by atoms with E-state index in [0.717, 1.165) is 37.2 Å². The highest BCUT2D eigenvalue weighted by Crippen LogP contribution is 2.21. The molecule has 0 aliphatic carbocycles. The third kappa shape index (κ3) is 2.98. The number of aryl methyl sites for hydroxylation is 1. The van der Waals surface area contributed by atoms with Crippen molar-refractivity contribution in [1.29, 1.82) is 0 Å². The summed E-state index contributed by atoms with van der Waals surface area (Å²) in [4.78, 5) is 17.3. The van der Waals surface area contributed by atoms with Gasteiger partial charge in [0, 0.05) is 32.1 Å². The Bertz CT molecular complexity index is 414. The number of hydrogen-bond acceptors (Lipinski definition) is 4. The van der Waals surface area contributed by atoms with Gasteiger partial charge in [-0.25, -0.2) is 0 Å². The van der Waals surface area contributed by atoms with E-state index < -0.39 is 0 Å². The van der Waals surface area contributed by atoms with Crippen LogP contribution >= 0.6 is 0 Å². The number of aromatic nitrogens is 1. The first kappa shape index (κ1) is 12.8. The zero-order valence-electron chi connectivity index (χ0n) is 10.6. The zero-order valence-corrected chi connectivity index (χ0v) is 10.6. The quantitative estimate of drug-likeness (QED) is 0.857. The maximum absolute atomic E-state index is 11.4. The highest BCUT2D eigenvalue weighted by molar-refractivity contribution is 5.78. The van der Waals surface area contributed by atoms with Crippen molar-refractivity contribution in [3.63, 3.8) is 0 Å². The van der Waals surface area contributed by atoms with Gasteiger partial charge in [0.05, 0.1) is 12.7 Å².